The maximum Gasteiger partial charge on any atom is 0.262 e. The molecular formula is C11H18ClF2N3O2. The van der Waals surface area contributed by atoms with Crippen molar-refractivity contribution in [2.45, 2.75) is 37.3 Å². The quantitative estimate of drug-likeness (QED) is 0.776. The molecule has 1 aliphatic carbocycles. The summed E-state index contributed by atoms with van der Waals surface area (Å²) in [7, 11) is 1.45. The Morgan fingerprint density at radius 3 is 2.53 bits per heavy atom. The largest absolute Gasteiger partial charge is 0.352 e. The van der Waals surface area contributed by atoms with E-state index in [0.29, 0.717) is 0 Å². The van der Waals surface area contributed by atoms with Gasteiger partial charge >= 0.3 is 0 Å². The maximum absolute atomic E-state index is 12.9. The number of hydrogen-bond donors (Lipinski definition) is 2. The van der Waals surface area contributed by atoms with E-state index in [9.17, 15) is 18.4 Å². The Morgan fingerprint density at radius 1 is 1.42 bits per heavy atom. The molecule has 8 heteroatoms. The molecule has 1 atom stereocenters. The van der Waals surface area contributed by atoms with E-state index in [-0.39, 0.29) is 30.9 Å². The first-order chi connectivity index (χ1) is 8.37. The highest BCUT2D eigenvalue weighted by Crippen LogP contribution is 2.25. The van der Waals surface area contributed by atoms with E-state index in [2.05, 4.69) is 10.6 Å². The second kappa shape index (κ2) is 6.00. The number of nitrogens with one attached hydrogen (secondary N) is 2. The molecule has 0 aromatic carbocycles. The maximum atomic E-state index is 12.9. The third kappa shape index (κ3) is 4.58. The molecule has 0 spiro atoms. The highest BCUT2D eigenvalue weighted by Gasteiger charge is 2.43. The number of amides is 2. The summed E-state index contributed by atoms with van der Waals surface area (Å²) in [4.78, 5) is 24.5. The average molecular weight is 298 g/mol. The van der Waals surface area contributed by atoms with Gasteiger partial charge in [0.15, 0.2) is 0 Å². The van der Waals surface area contributed by atoms with Crippen LogP contribution < -0.4 is 10.6 Å². The van der Waals surface area contributed by atoms with Crippen LogP contribution >= 0.6 is 12.4 Å². The zero-order valence-corrected chi connectivity index (χ0v) is 11.4. The van der Waals surface area contributed by atoms with Gasteiger partial charge in [-0.3, -0.25) is 14.9 Å². The van der Waals surface area contributed by atoms with Crippen molar-refractivity contribution < 1.29 is 18.4 Å². The SMILES string of the molecule is CN(CC(=O)NC1CC1)C(=O)C1CC(F)(F)CN1.Cl. The predicted octanol–water partition coefficient (Wildman–Crippen LogP) is 0.142. The molecule has 2 fully saturated rings. The molecule has 0 aromatic heterocycles. The molecule has 110 valence electrons. The minimum atomic E-state index is -2.84. The fourth-order valence-electron chi connectivity index (χ4n) is 1.95. The first-order valence-corrected chi connectivity index (χ1v) is 6.03. The van der Waals surface area contributed by atoms with Gasteiger partial charge in [0.1, 0.15) is 0 Å². The lowest BCUT2D eigenvalue weighted by atomic mass is 10.1. The Hall–Kier alpha value is -0.950. The summed E-state index contributed by atoms with van der Waals surface area (Å²) in [5.41, 5.74) is 0. The van der Waals surface area contributed by atoms with Gasteiger partial charge in [0.2, 0.25) is 11.8 Å². The van der Waals surface area contributed by atoms with Crippen LogP contribution in [0.1, 0.15) is 19.3 Å². The highest BCUT2D eigenvalue weighted by molar-refractivity contribution is 5.87. The molecular weight excluding hydrogens is 280 g/mol. The summed E-state index contributed by atoms with van der Waals surface area (Å²) in [6, 6.07) is -0.659. The van der Waals surface area contributed by atoms with Crippen molar-refractivity contribution in [1.29, 1.82) is 0 Å². The van der Waals surface area contributed by atoms with Crippen LogP contribution in [0.15, 0.2) is 0 Å². The molecule has 19 heavy (non-hydrogen) atoms. The Labute approximate surface area is 116 Å². The number of hydrogen-bond acceptors (Lipinski definition) is 3. The summed E-state index contributed by atoms with van der Waals surface area (Å²) in [6.45, 7) is -0.565. The Morgan fingerprint density at radius 2 is 2.05 bits per heavy atom. The van der Waals surface area contributed by atoms with E-state index < -0.39 is 30.8 Å². The fourth-order valence-corrected chi connectivity index (χ4v) is 1.95. The molecule has 0 bridgehead atoms. The summed E-state index contributed by atoms with van der Waals surface area (Å²) < 4.78 is 25.9. The number of rotatable bonds is 4. The van der Waals surface area contributed by atoms with E-state index in [1.807, 2.05) is 0 Å². The van der Waals surface area contributed by atoms with Crippen LogP contribution in [0.3, 0.4) is 0 Å². The Kier molecular flexibility index (Phi) is 5.09. The monoisotopic (exact) mass is 297 g/mol. The second-order valence-electron chi connectivity index (χ2n) is 5.03. The molecule has 2 rings (SSSR count). The van der Waals surface area contributed by atoms with Crippen molar-refractivity contribution >= 4 is 24.2 Å². The normalized spacial score (nSPS) is 24.5. The van der Waals surface area contributed by atoms with Crippen molar-refractivity contribution in [3.8, 4) is 0 Å². The number of carbonyl (C=O) groups excluding carboxylic acids is 2. The smallest absolute Gasteiger partial charge is 0.262 e. The van der Waals surface area contributed by atoms with Gasteiger partial charge < -0.3 is 10.2 Å². The molecule has 0 radical (unpaired) electrons. The zero-order valence-electron chi connectivity index (χ0n) is 10.6. The van der Waals surface area contributed by atoms with Gasteiger partial charge in [-0.15, -0.1) is 12.4 Å². The van der Waals surface area contributed by atoms with E-state index in [1.54, 1.807) is 0 Å². The van der Waals surface area contributed by atoms with Crippen LogP contribution in [-0.4, -0.2) is 54.9 Å². The van der Waals surface area contributed by atoms with Crippen molar-refractivity contribution in [3.05, 3.63) is 0 Å². The van der Waals surface area contributed by atoms with Crippen molar-refractivity contribution in [3.63, 3.8) is 0 Å². The number of halogens is 3. The highest BCUT2D eigenvalue weighted by atomic mass is 35.5. The van der Waals surface area contributed by atoms with Crippen molar-refractivity contribution in [2.75, 3.05) is 20.1 Å². The Balaban J connectivity index is 0.00000180. The summed E-state index contributed by atoms with van der Waals surface area (Å²) >= 11 is 0. The molecule has 5 nitrogen and oxygen atoms in total. The van der Waals surface area contributed by atoms with Crippen LogP contribution in [0.25, 0.3) is 0 Å². The van der Waals surface area contributed by atoms with Gasteiger partial charge in [-0.1, -0.05) is 0 Å². The number of alkyl halides is 2. The van der Waals surface area contributed by atoms with Crippen molar-refractivity contribution in [2.24, 2.45) is 0 Å². The van der Waals surface area contributed by atoms with Gasteiger partial charge in [-0.25, -0.2) is 8.78 Å². The number of likely N-dealkylation sites (N-methyl/N-ethyl adjacent to an activating group) is 1. The summed E-state index contributed by atoms with van der Waals surface area (Å²) in [5, 5.41) is 5.23. The number of nitrogens with zero attached hydrogens (tertiary/aromatic N) is 1. The molecule has 2 aliphatic rings. The van der Waals surface area contributed by atoms with Crippen LogP contribution in [0.2, 0.25) is 0 Å². The zero-order chi connectivity index (χ0) is 13.3. The van der Waals surface area contributed by atoms with Crippen LogP contribution in [-0.2, 0) is 9.59 Å². The predicted molar refractivity (Wildman–Crippen MR) is 67.4 cm³/mol. The minimum Gasteiger partial charge on any atom is -0.352 e. The van der Waals surface area contributed by atoms with Crippen molar-refractivity contribution in [1.82, 2.24) is 15.5 Å². The van der Waals surface area contributed by atoms with Gasteiger partial charge in [0.05, 0.1) is 19.1 Å². The minimum absolute atomic E-state index is 0. The van der Waals surface area contributed by atoms with Gasteiger partial charge in [-0.05, 0) is 12.8 Å². The molecule has 0 aromatic rings. The molecule has 1 saturated carbocycles. The van der Waals surface area contributed by atoms with Gasteiger partial charge in [0.25, 0.3) is 5.92 Å². The third-order valence-electron chi connectivity index (χ3n) is 3.11. The van der Waals surface area contributed by atoms with Gasteiger partial charge in [0, 0.05) is 19.5 Å². The summed E-state index contributed by atoms with van der Waals surface area (Å²) in [5.74, 6) is -3.53. The molecule has 1 heterocycles. The van der Waals surface area contributed by atoms with Crippen LogP contribution in [0, 0.1) is 0 Å². The fraction of sp³-hybridized carbons (Fsp3) is 0.818. The molecule has 2 amide bonds. The van der Waals surface area contributed by atoms with E-state index in [4.69, 9.17) is 0 Å². The first-order valence-electron chi connectivity index (χ1n) is 6.03. The van der Waals surface area contributed by atoms with Gasteiger partial charge in [-0.2, -0.15) is 0 Å². The van der Waals surface area contributed by atoms with Crippen LogP contribution in [0.4, 0.5) is 8.78 Å². The number of carbonyl (C=O) groups is 2. The molecule has 2 N–H and O–H groups in total. The summed E-state index contributed by atoms with van der Waals surface area (Å²) in [6.07, 6.45) is 1.44. The van der Waals surface area contributed by atoms with E-state index in [0.717, 1.165) is 12.8 Å². The van der Waals surface area contributed by atoms with Crippen LogP contribution in [0.5, 0.6) is 0 Å². The third-order valence-corrected chi connectivity index (χ3v) is 3.11. The lowest BCUT2D eigenvalue weighted by Crippen LogP contribution is -2.46. The Bertz CT molecular complexity index is 364. The standard InChI is InChI=1S/C11H17F2N3O2.ClH/c1-16(5-9(17)15-7-2-3-7)10(18)8-4-11(12,13)6-14-8;/h7-8,14H,2-6H2,1H3,(H,15,17);1H. The first kappa shape index (κ1) is 16.1. The average Bonchev–Trinajstić information content (AvgIpc) is 2.99. The topological polar surface area (TPSA) is 61.4 Å². The molecule has 1 aliphatic heterocycles. The lowest BCUT2D eigenvalue weighted by Gasteiger charge is -2.20. The second-order valence-corrected chi connectivity index (χ2v) is 5.03. The molecule has 1 unspecified atom stereocenters. The van der Waals surface area contributed by atoms with E-state index >= 15 is 0 Å². The lowest BCUT2D eigenvalue weighted by molar-refractivity contribution is -0.136. The van der Waals surface area contributed by atoms with E-state index in [1.165, 1.54) is 11.9 Å². The molecule has 1 saturated heterocycles.